The van der Waals surface area contributed by atoms with E-state index in [1.54, 1.807) is 18.9 Å². The number of fused-ring (bicyclic) bond motifs is 3. The lowest BCUT2D eigenvalue weighted by Crippen LogP contribution is -2.49. The molecule has 1 aromatic heterocycles. The largest absolute Gasteiger partial charge is 0.493 e. The minimum Gasteiger partial charge on any atom is -0.493 e. The Kier molecular flexibility index (Phi) is 8.05. The van der Waals surface area contributed by atoms with Crippen molar-refractivity contribution < 1.29 is 23.8 Å². The summed E-state index contributed by atoms with van der Waals surface area (Å²) in [5, 5.41) is 0. The first kappa shape index (κ1) is 27.2. The van der Waals surface area contributed by atoms with Crippen LogP contribution in [0.15, 0.2) is 72.8 Å². The van der Waals surface area contributed by atoms with Crippen molar-refractivity contribution in [2.45, 2.75) is 39.8 Å². The molecule has 0 radical (unpaired) electrons. The van der Waals surface area contributed by atoms with E-state index in [1.807, 2.05) is 77.4 Å². The number of nitrogens with zero attached hydrogens (tertiary/aromatic N) is 3. The molecule has 1 amide bonds. The van der Waals surface area contributed by atoms with Crippen LogP contribution in [0.5, 0.6) is 11.5 Å². The Labute approximate surface area is 234 Å². The fraction of sp³-hybridized carbons (Fsp3) is 0.344. The molecule has 3 aromatic carbocycles. The molecule has 4 aromatic rings. The third-order valence-corrected chi connectivity index (χ3v) is 7.15. The topological polar surface area (TPSA) is 82.9 Å². The van der Waals surface area contributed by atoms with Gasteiger partial charge in [0.15, 0.2) is 17.4 Å². The zero-order valence-electron chi connectivity index (χ0n) is 23.4. The fourth-order valence-electron chi connectivity index (χ4n) is 5.16. The van der Waals surface area contributed by atoms with E-state index in [0.717, 1.165) is 28.6 Å². The third-order valence-electron chi connectivity index (χ3n) is 7.15. The number of benzene rings is 3. The molecular formula is C32H35N3O5. The maximum Gasteiger partial charge on any atom is 0.321 e. The Morgan fingerprint density at radius 3 is 2.48 bits per heavy atom. The number of rotatable bonds is 10. The van der Waals surface area contributed by atoms with Crippen molar-refractivity contribution in [2.24, 2.45) is 11.8 Å². The summed E-state index contributed by atoms with van der Waals surface area (Å²) in [7, 11) is 1.59. The summed E-state index contributed by atoms with van der Waals surface area (Å²) < 4.78 is 19.2. The van der Waals surface area contributed by atoms with Crippen LogP contribution < -0.4 is 14.4 Å². The predicted molar refractivity (Wildman–Crippen MR) is 154 cm³/mol. The SMILES string of the molecule is CCOC(=O)[C@@H]1C(=O)N(Cc2ccccc2)c2nc3ccccc3n2[C@@H]1c1ccc(OCCC(C)C)c(OC)c1. The third kappa shape index (κ3) is 5.26. The second-order valence-corrected chi connectivity index (χ2v) is 10.3. The Morgan fingerprint density at radius 2 is 1.75 bits per heavy atom. The van der Waals surface area contributed by atoms with Crippen molar-refractivity contribution >= 4 is 28.9 Å². The van der Waals surface area contributed by atoms with E-state index < -0.39 is 17.9 Å². The number of esters is 1. The van der Waals surface area contributed by atoms with Crippen molar-refractivity contribution in [3.63, 3.8) is 0 Å². The van der Waals surface area contributed by atoms with Crippen LogP contribution in [0, 0.1) is 11.8 Å². The van der Waals surface area contributed by atoms with E-state index in [2.05, 4.69) is 13.8 Å². The summed E-state index contributed by atoms with van der Waals surface area (Å²) in [4.78, 5) is 34.2. The Hall–Kier alpha value is -4.33. The lowest BCUT2D eigenvalue weighted by atomic mass is 9.89. The molecule has 0 bridgehead atoms. The standard InChI is InChI=1S/C32H35N3O5/c1-5-39-31(37)28-29(23-15-16-26(27(19-23)38-4)40-18-17-21(2)3)35-25-14-10-9-13-24(25)33-32(35)34(30(28)36)20-22-11-7-6-8-12-22/h6-16,19,21,28-29H,5,17-18,20H2,1-4H3/t28-,29+/m0/s1. The highest BCUT2D eigenvalue weighted by Crippen LogP contribution is 2.43. The van der Waals surface area contributed by atoms with E-state index >= 15 is 0 Å². The number of para-hydroxylation sites is 2. The quantitative estimate of drug-likeness (QED) is 0.187. The van der Waals surface area contributed by atoms with Crippen LogP contribution in [0.2, 0.25) is 0 Å². The highest BCUT2D eigenvalue weighted by atomic mass is 16.5. The highest BCUT2D eigenvalue weighted by Gasteiger charge is 2.48. The molecule has 5 rings (SSSR count). The van der Waals surface area contributed by atoms with Crippen LogP contribution in [-0.4, -0.2) is 41.8 Å². The molecule has 0 unspecified atom stereocenters. The van der Waals surface area contributed by atoms with Crippen molar-refractivity contribution in [1.82, 2.24) is 9.55 Å². The minimum absolute atomic E-state index is 0.164. The molecule has 208 valence electrons. The molecule has 2 heterocycles. The van der Waals surface area contributed by atoms with Gasteiger partial charge in [-0.3, -0.25) is 14.5 Å². The molecule has 1 aliphatic heterocycles. The molecule has 2 atom stereocenters. The second-order valence-electron chi connectivity index (χ2n) is 10.3. The average molecular weight is 542 g/mol. The van der Waals surface area contributed by atoms with Crippen LogP contribution in [-0.2, 0) is 20.9 Å². The van der Waals surface area contributed by atoms with Gasteiger partial charge in [-0.2, -0.15) is 0 Å². The van der Waals surface area contributed by atoms with Gasteiger partial charge in [-0.05, 0) is 54.7 Å². The Morgan fingerprint density at radius 1 is 1.00 bits per heavy atom. The van der Waals surface area contributed by atoms with E-state index in [0.29, 0.717) is 30.0 Å². The lowest BCUT2D eigenvalue weighted by molar-refractivity contribution is -0.153. The Bertz CT molecular complexity index is 1500. The van der Waals surface area contributed by atoms with E-state index in [4.69, 9.17) is 19.2 Å². The number of methoxy groups -OCH3 is 1. The van der Waals surface area contributed by atoms with Crippen molar-refractivity contribution in [3.05, 3.63) is 83.9 Å². The van der Waals surface area contributed by atoms with Crippen LogP contribution in [0.1, 0.15) is 44.4 Å². The van der Waals surface area contributed by atoms with E-state index in [9.17, 15) is 9.59 Å². The van der Waals surface area contributed by atoms with Gasteiger partial charge >= 0.3 is 5.97 Å². The Balaban J connectivity index is 1.66. The first-order chi connectivity index (χ1) is 19.4. The molecule has 40 heavy (non-hydrogen) atoms. The fourth-order valence-corrected chi connectivity index (χ4v) is 5.16. The number of hydrogen-bond donors (Lipinski definition) is 0. The maximum atomic E-state index is 14.2. The number of amides is 1. The minimum atomic E-state index is -1.12. The molecule has 0 spiro atoms. The van der Waals surface area contributed by atoms with Gasteiger partial charge in [0, 0.05) is 0 Å². The summed E-state index contributed by atoms with van der Waals surface area (Å²) >= 11 is 0. The molecular weight excluding hydrogens is 506 g/mol. The molecule has 0 aliphatic carbocycles. The summed E-state index contributed by atoms with van der Waals surface area (Å²) in [5.74, 6) is 0.0948. The number of carbonyl (C=O) groups is 2. The van der Waals surface area contributed by atoms with Crippen LogP contribution in [0.3, 0.4) is 0 Å². The van der Waals surface area contributed by atoms with Gasteiger partial charge in [-0.1, -0.05) is 62.4 Å². The van der Waals surface area contributed by atoms with Gasteiger partial charge in [0.1, 0.15) is 0 Å². The smallest absolute Gasteiger partial charge is 0.321 e. The maximum absolute atomic E-state index is 14.2. The van der Waals surface area contributed by atoms with Crippen molar-refractivity contribution in [1.29, 1.82) is 0 Å². The van der Waals surface area contributed by atoms with Gasteiger partial charge in [0.05, 0.1) is 43.9 Å². The normalized spacial score (nSPS) is 16.7. The monoisotopic (exact) mass is 541 g/mol. The first-order valence-corrected chi connectivity index (χ1v) is 13.7. The van der Waals surface area contributed by atoms with Gasteiger partial charge in [0.2, 0.25) is 11.9 Å². The molecule has 8 nitrogen and oxygen atoms in total. The summed E-state index contributed by atoms with van der Waals surface area (Å²) in [5.41, 5.74) is 3.21. The number of aromatic nitrogens is 2. The number of ether oxygens (including phenoxy) is 3. The summed E-state index contributed by atoms with van der Waals surface area (Å²) in [6.45, 7) is 7.04. The lowest BCUT2D eigenvalue weighted by Gasteiger charge is -2.38. The molecule has 0 saturated heterocycles. The molecule has 1 aliphatic rings. The highest BCUT2D eigenvalue weighted by molar-refractivity contribution is 6.08. The summed E-state index contributed by atoms with van der Waals surface area (Å²) in [6.07, 6.45) is 0.911. The zero-order valence-corrected chi connectivity index (χ0v) is 23.4. The molecule has 8 heteroatoms. The predicted octanol–water partition coefficient (Wildman–Crippen LogP) is 5.79. The van der Waals surface area contributed by atoms with Crippen LogP contribution >= 0.6 is 0 Å². The second kappa shape index (κ2) is 11.8. The molecule has 0 saturated carbocycles. The summed E-state index contributed by atoms with van der Waals surface area (Å²) in [6, 6.07) is 22.3. The van der Waals surface area contributed by atoms with Crippen molar-refractivity contribution in [2.75, 3.05) is 25.2 Å². The number of anilines is 1. The molecule has 0 fully saturated rings. The van der Waals surface area contributed by atoms with Crippen molar-refractivity contribution in [3.8, 4) is 11.5 Å². The van der Waals surface area contributed by atoms with Crippen LogP contribution in [0.25, 0.3) is 11.0 Å². The number of hydrogen-bond acceptors (Lipinski definition) is 6. The first-order valence-electron chi connectivity index (χ1n) is 13.7. The van der Waals surface area contributed by atoms with Gasteiger partial charge < -0.3 is 18.8 Å². The number of carbonyl (C=O) groups excluding carboxylic acids is 2. The van der Waals surface area contributed by atoms with Crippen LogP contribution in [0.4, 0.5) is 5.95 Å². The zero-order chi connectivity index (χ0) is 28.2. The van der Waals surface area contributed by atoms with Gasteiger partial charge in [-0.15, -0.1) is 0 Å². The van der Waals surface area contributed by atoms with Gasteiger partial charge in [-0.25, -0.2) is 4.98 Å². The van der Waals surface area contributed by atoms with Gasteiger partial charge in [0.25, 0.3) is 0 Å². The number of imidazole rings is 1. The van der Waals surface area contributed by atoms with E-state index in [-0.39, 0.29) is 19.1 Å². The van der Waals surface area contributed by atoms with E-state index in [1.165, 1.54) is 0 Å². The average Bonchev–Trinajstić information content (AvgIpc) is 3.34. The molecule has 0 N–H and O–H groups in total.